The molecule has 0 aliphatic heterocycles. The lowest BCUT2D eigenvalue weighted by molar-refractivity contribution is -0.134. The predicted octanol–water partition coefficient (Wildman–Crippen LogP) is 4.29. The molecule has 0 bridgehead atoms. The molecule has 9 heteroatoms. The van der Waals surface area contributed by atoms with Gasteiger partial charge in [0.1, 0.15) is 22.7 Å². The van der Waals surface area contributed by atoms with Gasteiger partial charge in [0.15, 0.2) is 0 Å². The maximum absolute atomic E-state index is 12.8. The molecule has 0 saturated heterocycles. The third kappa shape index (κ3) is 3.56. The van der Waals surface area contributed by atoms with E-state index in [1.54, 1.807) is 31.0 Å². The van der Waals surface area contributed by atoms with Crippen LogP contribution in [0.5, 0.6) is 5.75 Å². The highest BCUT2D eigenvalue weighted by Crippen LogP contribution is 2.41. The first-order chi connectivity index (χ1) is 15.6. The summed E-state index contributed by atoms with van der Waals surface area (Å²) in [5, 5.41) is 12.6. The molecule has 5 rings (SSSR count). The van der Waals surface area contributed by atoms with Crippen molar-refractivity contribution < 1.29 is 9.53 Å². The Labute approximate surface area is 190 Å². The molecule has 0 spiro atoms. The molecule has 1 atom stereocenters. The van der Waals surface area contributed by atoms with Crippen molar-refractivity contribution in [1.82, 2.24) is 25.1 Å². The van der Waals surface area contributed by atoms with E-state index in [9.17, 15) is 4.79 Å². The van der Waals surface area contributed by atoms with Crippen molar-refractivity contribution in [3.63, 3.8) is 0 Å². The van der Waals surface area contributed by atoms with E-state index in [0.717, 1.165) is 64.9 Å². The van der Waals surface area contributed by atoms with E-state index in [1.165, 1.54) is 10.4 Å². The van der Waals surface area contributed by atoms with Gasteiger partial charge in [-0.3, -0.25) is 9.89 Å². The van der Waals surface area contributed by atoms with Crippen molar-refractivity contribution in [2.75, 3.05) is 26.0 Å². The molecule has 1 amide bonds. The number of anilines is 2. The Morgan fingerprint density at radius 3 is 3.06 bits per heavy atom. The fourth-order valence-corrected chi connectivity index (χ4v) is 5.81. The van der Waals surface area contributed by atoms with Gasteiger partial charge >= 0.3 is 0 Å². The van der Waals surface area contributed by atoms with Gasteiger partial charge in [-0.1, -0.05) is 6.92 Å². The molecule has 1 aliphatic carbocycles. The fourth-order valence-electron chi connectivity index (χ4n) is 4.54. The molecule has 0 fully saturated rings. The number of aromatic amines is 1. The number of carbonyl (C=O) groups excluding carboxylic acids is 1. The summed E-state index contributed by atoms with van der Waals surface area (Å²) in [7, 11) is 3.56. The normalized spacial score (nSPS) is 15.7. The minimum atomic E-state index is 0.0417. The number of nitrogens with zero attached hydrogens (tertiary/aromatic N) is 4. The highest BCUT2D eigenvalue weighted by Gasteiger charge is 2.30. The number of nitrogens with one attached hydrogen (secondary N) is 2. The number of H-pyrrole nitrogens is 1. The van der Waals surface area contributed by atoms with E-state index in [4.69, 9.17) is 4.74 Å². The van der Waals surface area contributed by atoms with Crippen LogP contribution in [0.25, 0.3) is 21.1 Å². The van der Waals surface area contributed by atoms with Crippen LogP contribution >= 0.6 is 11.3 Å². The zero-order valence-electron chi connectivity index (χ0n) is 18.4. The molecule has 3 heterocycles. The largest absolute Gasteiger partial charge is 0.494 e. The molecule has 8 nitrogen and oxygen atoms in total. The summed E-state index contributed by atoms with van der Waals surface area (Å²) >= 11 is 1.68. The first kappa shape index (κ1) is 20.7. The second-order valence-electron chi connectivity index (χ2n) is 8.24. The van der Waals surface area contributed by atoms with Crippen molar-refractivity contribution in [3.8, 4) is 5.75 Å². The number of amides is 1. The molecule has 32 heavy (non-hydrogen) atoms. The number of aryl methyl sites for hydroxylation is 1. The summed E-state index contributed by atoms with van der Waals surface area (Å²) in [4.78, 5) is 26.0. The monoisotopic (exact) mass is 450 g/mol. The Balaban J connectivity index is 1.49. The average molecular weight is 451 g/mol. The maximum atomic E-state index is 12.8. The summed E-state index contributed by atoms with van der Waals surface area (Å²) in [6, 6.07) is 3.93. The number of rotatable bonds is 6. The molecule has 0 radical (unpaired) electrons. The summed E-state index contributed by atoms with van der Waals surface area (Å²) in [6.45, 7) is 2.90. The number of hydrogen-bond donors (Lipinski definition) is 2. The molecule has 0 saturated carbocycles. The summed E-state index contributed by atoms with van der Waals surface area (Å²) in [5.74, 6) is 1.77. The molecule has 1 unspecified atom stereocenters. The minimum Gasteiger partial charge on any atom is -0.494 e. The number of carbonyl (C=O) groups is 1. The van der Waals surface area contributed by atoms with Crippen LogP contribution in [0.2, 0.25) is 0 Å². The van der Waals surface area contributed by atoms with Crippen LogP contribution in [0.1, 0.15) is 30.2 Å². The average Bonchev–Trinajstić information content (AvgIpc) is 3.41. The molecule has 1 aliphatic rings. The SMILES string of the molecule is CCCN(C)C(=O)C1CCc2c(sc3ncnc(Nc4cc5cn[nH]c5cc4OC)c23)C1. The van der Waals surface area contributed by atoms with Gasteiger partial charge in [0.2, 0.25) is 5.91 Å². The summed E-state index contributed by atoms with van der Waals surface area (Å²) < 4.78 is 5.59. The smallest absolute Gasteiger partial charge is 0.225 e. The Morgan fingerprint density at radius 1 is 1.38 bits per heavy atom. The molecule has 3 aromatic heterocycles. The van der Waals surface area contributed by atoms with Gasteiger partial charge in [-0.2, -0.15) is 5.10 Å². The van der Waals surface area contributed by atoms with Crippen molar-refractivity contribution in [1.29, 1.82) is 0 Å². The zero-order chi connectivity index (χ0) is 22.2. The van der Waals surface area contributed by atoms with E-state index in [1.807, 2.05) is 24.1 Å². The summed E-state index contributed by atoms with van der Waals surface area (Å²) in [5.41, 5.74) is 3.00. The van der Waals surface area contributed by atoms with E-state index >= 15 is 0 Å². The van der Waals surface area contributed by atoms with Gasteiger partial charge in [0.05, 0.1) is 29.9 Å². The third-order valence-electron chi connectivity index (χ3n) is 6.14. The van der Waals surface area contributed by atoms with Crippen molar-refractivity contribution >= 4 is 49.9 Å². The quantitative estimate of drug-likeness (QED) is 0.455. The molecule has 4 aromatic rings. The van der Waals surface area contributed by atoms with Gasteiger partial charge in [-0.05, 0) is 37.3 Å². The number of thiophene rings is 1. The third-order valence-corrected chi connectivity index (χ3v) is 7.31. The number of benzene rings is 1. The molecular formula is C23H26N6O2S. The zero-order valence-corrected chi connectivity index (χ0v) is 19.3. The topological polar surface area (TPSA) is 96.0 Å². The fraction of sp³-hybridized carbons (Fsp3) is 0.391. The van der Waals surface area contributed by atoms with Gasteiger partial charge in [0, 0.05) is 35.8 Å². The molecule has 1 aromatic carbocycles. The lowest BCUT2D eigenvalue weighted by Crippen LogP contribution is -2.35. The number of ether oxygens (including phenoxy) is 1. The maximum Gasteiger partial charge on any atom is 0.225 e. The van der Waals surface area contributed by atoms with Crippen LogP contribution in [-0.4, -0.2) is 51.7 Å². The molecule has 166 valence electrons. The Hall–Kier alpha value is -3.20. The van der Waals surface area contributed by atoms with Crippen molar-refractivity contribution in [2.45, 2.75) is 32.6 Å². The highest BCUT2D eigenvalue weighted by atomic mass is 32.1. The number of hydrogen-bond acceptors (Lipinski definition) is 7. The Morgan fingerprint density at radius 2 is 2.25 bits per heavy atom. The number of methoxy groups -OCH3 is 1. The first-order valence-corrected chi connectivity index (χ1v) is 11.7. The number of aromatic nitrogens is 4. The lowest BCUT2D eigenvalue weighted by Gasteiger charge is -2.26. The van der Waals surface area contributed by atoms with Crippen LogP contribution in [0.15, 0.2) is 24.7 Å². The van der Waals surface area contributed by atoms with Gasteiger partial charge in [-0.15, -0.1) is 11.3 Å². The van der Waals surface area contributed by atoms with Crippen LogP contribution < -0.4 is 10.1 Å². The van der Waals surface area contributed by atoms with Crippen LogP contribution in [0.3, 0.4) is 0 Å². The van der Waals surface area contributed by atoms with Crippen molar-refractivity contribution in [2.24, 2.45) is 5.92 Å². The van der Waals surface area contributed by atoms with Crippen molar-refractivity contribution in [3.05, 3.63) is 35.1 Å². The van der Waals surface area contributed by atoms with E-state index in [-0.39, 0.29) is 11.8 Å². The predicted molar refractivity (Wildman–Crippen MR) is 127 cm³/mol. The first-order valence-electron chi connectivity index (χ1n) is 10.9. The molecular weight excluding hydrogens is 424 g/mol. The standard InChI is InChI=1S/C23H26N6O2S/c1-4-7-29(2)23(30)13-5-6-15-19(9-13)32-22-20(15)21(24-12-25-22)27-17-8-14-11-26-28-16(14)10-18(17)31-3/h8,10-13H,4-7,9H2,1-3H3,(H,26,28)(H,24,25,27). The van der Waals surface area contributed by atoms with E-state index < -0.39 is 0 Å². The van der Waals surface area contributed by atoms with Gasteiger partial charge < -0.3 is 15.0 Å². The van der Waals surface area contributed by atoms with Gasteiger partial charge in [-0.25, -0.2) is 9.97 Å². The summed E-state index contributed by atoms with van der Waals surface area (Å²) in [6.07, 6.45) is 6.83. The number of fused-ring (bicyclic) bond motifs is 4. The van der Waals surface area contributed by atoms with E-state index in [0.29, 0.717) is 5.75 Å². The molecule has 2 N–H and O–H groups in total. The second kappa shape index (κ2) is 8.38. The minimum absolute atomic E-state index is 0.0417. The van der Waals surface area contributed by atoms with E-state index in [2.05, 4.69) is 32.4 Å². The van der Waals surface area contributed by atoms with Gasteiger partial charge in [0.25, 0.3) is 0 Å². The van der Waals surface area contributed by atoms with Crippen LogP contribution in [0, 0.1) is 5.92 Å². The highest BCUT2D eigenvalue weighted by molar-refractivity contribution is 7.19. The second-order valence-corrected chi connectivity index (χ2v) is 9.32. The Bertz CT molecular complexity index is 1300. The lowest BCUT2D eigenvalue weighted by atomic mass is 9.87. The Kier molecular flexibility index (Phi) is 5.42. The van der Waals surface area contributed by atoms with Crippen LogP contribution in [-0.2, 0) is 17.6 Å². The van der Waals surface area contributed by atoms with Crippen LogP contribution in [0.4, 0.5) is 11.5 Å².